The van der Waals surface area contributed by atoms with E-state index in [9.17, 15) is 5.11 Å². The van der Waals surface area contributed by atoms with Gasteiger partial charge in [0, 0.05) is 6.54 Å². The molecule has 0 unspecified atom stereocenters. The summed E-state index contributed by atoms with van der Waals surface area (Å²) in [5.74, 6) is 0.616. The minimum atomic E-state index is -0.408. The summed E-state index contributed by atoms with van der Waals surface area (Å²) in [6, 6.07) is 0. The number of hydrogen-bond acceptors (Lipinski definition) is 3. The van der Waals surface area contributed by atoms with Crippen molar-refractivity contribution in [3.05, 3.63) is 0 Å². The number of rotatable bonds is 8. The van der Waals surface area contributed by atoms with Crippen LogP contribution in [-0.2, 0) is 4.74 Å². The summed E-state index contributed by atoms with van der Waals surface area (Å²) < 4.78 is 5.61. The van der Waals surface area contributed by atoms with Crippen molar-refractivity contribution in [2.75, 3.05) is 19.7 Å². The second kappa shape index (κ2) is 7.20. The summed E-state index contributed by atoms with van der Waals surface area (Å²) in [6.07, 6.45) is 0.550. The minimum absolute atomic E-state index is 0.126. The lowest BCUT2D eigenvalue weighted by molar-refractivity contribution is -0.0601. The third kappa shape index (κ3) is 8.85. The first-order chi connectivity index (χ1) is 6.87. The molecule has 0 aromatic heterocycles. The Morgan fingerprint density at radius 2 is 1.87 bits per heavy atom. The highest BCUT2D eigenvalue weighted by atomic mass is 16.5. The summed E-state index contributed by atoms with van der Waals surface area (Å²) in [5, 5.41) is 12.8. The van der Waals surface area contributed by atoms with Crippen molar-refractivity contribution in [3.63, 3.8) is 0 Å². The SMILES string of the molecule is CCC(C)(C)OC[C@H](O)CNCC(C)C. The third-order valence-corrected chi connectivity index (χ3v) is 2.45. The van der Waals surface area contributed by atoms with Crippen molar-refractivity contribution >= 4 is 0 Å². The first kappa shape index (κ1) is 14.9. The Bertz CT molecular complexity index is 158. The number of aliphatic hydroxyl groups excluding tert-OH is 1. The van der Waals surface area contributed by atoms with Gasteiger partial charge in [0.1, 0.15) is 0 Å². The molecule has 0 bridgehead atoms. The van der Waals surface area contributed by atoms with Crippen LogP contribution in [0.25, 0.3) is 0 Å². The Kier molecular flexibility index (Phi) is 7.14. The average molecular weight is 217 g/mol. The Hall–Kier alpha value is -0.120. The topological polar surface area (TPSA) is 41.5 Å². The van der Waals surface area contributed by atoms with Crippen molar-refractivity contribution in [1.82, 2.24) is 5.32 Å². The minimum Gasteiger partial charge on any atom is -0.389 e. The highest BCUT2D eigenvalue weighted by molar-refractivity contribution is 4.68. The van der Waals surface area contributed by atoms with Gasteiger partial charge < -0.3 is 15.2 Å². The maximum absolute atomic E-state index is 9.63. The molecule has 3 nitrogen and oxygen atoms in total. The maximum atomic E-state index is 9.63. The predicted molar refractivity (Wildman–Crippen MR) is 64.0 cm³/mol. The fraction of sp³-hybridized carbons (Fsp3) is 1.00. The van der Waals surface area contributed by atoms with E-state index < -0.39 is 6.10 Å². The fourth-order valence-corrected chi connectivity index (χ4v) is 1.02. The Labute approximate surface area is 94.2 Å². The second-order valence-electron chi connectivity index (χ2n) is 5.13. The molecule has 0 aromatic carbocycles. The summed E-state index contributed by atoms with van der Waals surface area (Å²) in [4.78, 5) is 0. The van der Waals surface area contributed by atoms with Gasteiger partial charge in [-0.05, 0) is 32.7 Å². The fourth-order valence-electron chi connectivity index (χ4n) is 1.02. The van der Waals surface area contributed by atoms with Gasteiger partial charge in [0.05, 0.1) is 18.3 Å². The molecule has 15 heavy (non-hydrogen) atoms. The molecule has 1 atom stereocenters. The van der Waals surface area contributed by atoms with Crippen molar-refractivity contribution in [2.45, 2.75) is 52.7 Å². The maximum Gasteiger partial charge on any atom is 0.0897 e. The largest absolute Gasteiger partial charge is 0.389 e. The molecule has 0 radical (unpaired) electrons. The number of ether oxygens (including phenoxy) is 1. The zero-order valence-electron chi connectivity index (χ0n) is 10.8. The summed E-state index contributed by atoms with van der Waals surface area (Å²) in [7, 11) is 0. The highest BCUT2D eigenvalue weighted by Crippen LogP contribution is 2.13. The van der Waals surface area contributed by atoms with Gasteiger partial charge in [-0.2, -0.15) is 0 Å². The zero-order chi connectivity index (χ0) is 11.9. The first-order valence-corrected chi connectivity index (χ1v) is 5.90. The molecule has 0 spiro atoms. The van der Waals surface area contributed by atoms with Crippen LogP contribution >= 0.6 is 0 Å². The van der Waals surface area contributed by atoms with E-state index in [0.29, 0.717) is 19.1 Å². The van der Waals surface area contributed by atoms with Crippen LogP contribution in [0.15, 0.2) is 0 Å². The van der Waals surface area contributed by atoms with Gasteiger partial charge in [0.2, 0.25) is 0 Å². The van der Waals surface area contributed by atoms with Gasteiger partial charge in [-0.1, -0.05) is 20.8 Å². The van der Waals surface area contributed by atoms with E-state index in [4.69, 9.17) is 4.74 Å². The van der Waals surface area contributed by atoms with Crippen molar-refractivity contribution in [3.8, 4) is 0 Å². The smallest absolute Gasteiger partial charge is 0.0897 e. The quantitative estimate of drug-likeness (QED) is 0.651. The van der Waals surface area contributed by atoms with Gasteiger partial charge in [-0.15, -0.1) is 0 Å². The summed E-state index contributed by atoms with van der Waals surface area (Å²) in [5.41, 5.74) is -0.126. The van der Waals surface area contributed by atoms with E-state index in [1.165, 1.54) is 0 Å². The Balaban J connectivity index is 3.53. The van der Waals surface area contributed by atoms with E-state index in [1.807, 2.05) is 13.8 Å². The molecule has 0 heterocycles. The Morgan fingerprint density at radius 3 is 2.33 bits per heavy atom. The lowest BCUT2D eigenvalue weighted by Gasteiger charge is -2.25. The van der Waals surface area contributed by atoms with Gasteiger partial charge >= 0.3 is 0 Å². The van der Waals surface area contributed by atoms with Crippen LogP contribution in [0.4, 0.5) is 0 Å². The highest BCUT2D eigenvalue weighted by Gasteiger charge is 2.17. The van der Waals surface area contributed by atoms with Crippen LogP contribution in [-0.4, -0.2) is 36.5 Å². The molecule has 0 fully saturated rings. The second-order valence-corrected chi connectivity index (χ2v) is 5.13. The van der Waals surface area contributed by atoms with Crippen molar-refractivity contribution < 1.29 is 9.84 Å². The third-order valence-electron chi connectivity index (χ3n) is 2.45. The van der Waals surface area contributed by atoms with E-state index >= 15 is 0 Å². The van der Waals surface area contributed by atoms with Crippen LogP contribution in [0, 0.1) is 5.92 Å². The van der Waals surface area contributed by atoms with Gasteiger partial charge in [0.25, 0.3) is 0 Å². The van der Waals surface area contributed by atoms with E-state index in [1.54, 1.807) is 0 Å². The molecule has 92 valence electrons. The van der Waals surface area contributed by atoms with Crippen LogP contribution < -0.4 is 5.32 Å². The normalized spacial score (nSPS) is 14.6. The van der Waals surface area contributed by atoms with Crippen LogP contribution in [0.3, 0.4) is 0 Å². The molecular formula is C12H27NO2. The number of nitrogens with one attached hydrogen (secondary N) is 1. The molecule has 0 aliphatic heterocycles. The van der Waals surface area contributed by atoms with Crippen molar-refractivity contribution in [2.24, 2.45) is 5.92 Å². The Morgan fingerprint density at radius 1 is 1.27 bits per heavy atom. The summed E-state index contributed by atoms with van der Waals surface area (Å²) >= 11 is 0. The lowest BCUT2D eigenvalue weighted by atomic mass is 10.1. The van der Waals surface area contributed by atoms with Gasteiger partial charge in [-0.25, -0.2) is 0 Å². The van der Waals surface area contributed by atoms with Crippen molar-refractivity contribution in [1.29, 1.82) is 0 Å². The molecule has 0 aromatic rings. The molecule has 0 saturated heterocycles. The van der Waals surface area contributed by atoms with Gasteiger partial charge in [-0.3, -0.25) is 0 Å². The van der Waals surface area contributed by atoms with Crippen LogP contribution in [0.2, 0.25) is 0 Å². The average Bonchev–Trinajstić information content (AvgIpc) is 2.14. The summed E-state index contributed by atoms with van der Waals surface area (Å²) in [6.45, 7) is 12.4. The molecule has 0 amide bonds. The predicted octanol–water partition coefficient (Wildman–Crippen LogP) is 1.80. The molecule has 0 saturated carbocycles. The standard InChI is InChI=1S/C12H27NO2/c1-6-12(4,5)15-9-11(14)8-13-7-10(2)3/h10-11,13-14H,6-9H2,1-5H3/t11-/m1/s1. The molecule has 3 heteroatoms. The molecular weight excluding hydrogens is 190 g/mol. The molecule has 0 aliphatic rings. The van der Waals surface area contributed by atoms with E-state index in [-0.39, 0.29) is 5.60 Å². The monoisotopic (exact) mass is 217 g/mol. The van der Waals surface area contributed by atoms with Crippen LogP contribution in [0.1, 0.15) is 41.0 Å². The van der Waals surface area contributed by atoms with Gasteiger partial charge in [0.15, 0.2) is 0 Å². The molecule has 0 aliphatic carbocycles. The molecule has 0 rings (SSSR count). The zero-order valence-corrected chi connectivity index (χ0v) is 10.8. The number of aliphatic hydroxyl groups is 1. The molecule has 2 N–H and O–H groups in total. The van der Waals surface area contributed by atoms with Crippen LogP contribution in [0.5, 0.6) is 0 Å². The van der Waals surface area contributed by atoms with E-state index in [2.05, 4.69) is 26.1 Å². The number of hydrogen-bond donors (Lipinski definition) is 2. The van der Waals surface area contributed by atoms with E-state index in [0.717, 1.165) is 13.0 Å². The first-order valence-electron chi connectivity index (χ1n) is 5.90. The lowest BCUT2D eigenvalue weighted by Crippen LogP contribution is -2.35.